The van der Waals surface area contributed by atoms with Crippen LogP contribution in [0.15, 0.2) is 18.8 Å². The maximum absolute atomic E-state index is 12.8. The predicted molar refractivity (Wildman–Crippen MR) is 94.1 cm³/mol. The zero-order chi connectivity index (χ0) is 18.1. The number of rotatable bonds is 5. The molecule has 0 atom stereocenters. The van der Waals surface area contributed by atoms with E-state index >= 15 is 0 Å². The van der Waals surface area contributed by atoms with Crippen LogP contribution in [0.5, 0.6) is 0 Å². The number of sulfonamides is 1. The molecule has 2 rings (SSSR count). The van der Waals surface area contributed by atoms with E-state index in [1.165, 1.54) is 18.2 Å². The monoisotopic (exact) mass is 355 g/mol. The fourth-order valence-corrected chi connectivity index (χ4v) is 3.98. The summed E-state index contributed by atoms with van der Waals surface area (Å²) in [7, 11) is -2.01. The average Bonchev–Trinajstić information content (AvgIpc) is 2.89. The quantitative estimate of drug-likeness (QED) is 0.867. The number of morpholine rings is 1. The molecule has 1 saturated heterocycles. The van der Waals surface area contributed by atoms with Gasteiger partial charge in [0.25, 0.3) is 0 Å². The highest BCUT2D eigenvalue weighted by molar-refractivity contribution is 7.91. The summed E-state index contributed by atoms with van der Waals surface area (Å²) in [5.41, 5.74) is 1.76. The molecule has 2 heterocycles. The lowest BCUT2D eigenvalue weighted by Gasteiger charge is -2.33. The number of ether oxygens (including phenoxy) is 1. The molecule has 1 aromatic rings. The summed E-state index contributed by atoms with van der Waals surface area (Å²) in [6, 6.07) is 1.78. The van der Waals surface area contributed by atoms with E-state index in [2.05, 4.69) is 11.9 Å². The van der Waals surface area contributed by atoms with Gasteiger partial charge < -0.3 is 14.6 Å². The van der Waals surface area contributed by atoms with Crippen LogP contribution in [0.25, 0.3) is 5.57 Å². The molecule has 134 valence electrons. The van der Waals surface area contributed by atoms with Crippen molar-refractivity contribution in [3.8, 4) is 0 Å². The van der Waals surface area contributed by atoms with Crippen LogP contribution in [-0.4, -0.2) is 54.2 Å². The Kier molecular flexibility index (Phi) is 5.22. The van der Waals surface area contributed by atoms with Crippen molar-refractivity contribution >= 4 is 27.3 Å². The third-order valence-electron chi connectivity index (χ3n) is 4.24. The van der Waals surface area contributed by atoms with Crippen molar-refractivity contribution in [1.82, 2.24) is 8.87 Å². The predicted octanol–water partition coefficient (Wildman–Crippen LogP) is 1.44. The van der Waals surface area contributed by atoms with Gasteiger partial charge >= 0.3 is 0 Å². The molecule has 0 aliphatic carbocycles. The van der Waals surface area contributed by atoms with Crippen molar-refractivity contribution < 1.29 is 17.9 Å². The average molecular weight is 355 g/mol. The van der Waals surface area contributed by atoms with Gasteiger partial charge in [0.15, 0.2) is 4.75 Å². The Morgan fingerprint density at radius 2 is 1.92 bits per heavy atom. The van der Waals surface area contributed by atoms with Crippen molar-refractivity contribution in [3.05, 3.63) is 24.4 Å². The number of amides is 1. The fourth-order valence-electron chi connectivity index (χ4n) is 2.42. The highest BCUT2D eigenvalue weighted by Gasteiger charge is 2.46. The Labute approximate surface area is 143 Å². The number of carbonyl (C=O) groups is 1. The molecular weight excluding hydrogens is 330 g/mol. The van der Waals surface area contributed by atoms with Gasteiger partial charge in [0.05, 0.1) is 13.2 Å². The Hall–Kier alpha value is -1.64. The maximum atomic E-state index is 12.8. The molecule has 1 amide bonds. The Bertz CT molecular complexity index is 743. The number of nitrogens with one attached hydrogen (secondary N) is 1. The minimum atomic E-state index is -3.79. The lowest BCUT2D eigenvalue weighted by atomic mass is 10.2. The van der Waals surface area contributed by atoms with Crippen LogP contribution >= 0.6 is 0 Å². The normalized spacial score (nSPS) is 16.8. The first-order valence-electron chi connectivity index (χ1n) is 7.78. The first kappa shape index (κ1) is 18.7. The Morgan fingerprint density at radius 1 is 1.33 bits per heavy atom. The molecule has 0 unspecified atom stereocenters. The summed E-state index contributed by atoms with van der Waals surface area (Å²) in [6.45, 7) is 9.81. The van der Waals surface area contributed by atoms with Gasteiger partial charge in [-0.15, -0.1) is 0 Å². The molecule has 0 bridgehead atoms. The fraction of sp³-hybridized carbons (Fsp3) is 0.562. The molecule has 1 aliphatic heterocycles. The van der Waals surface area contributed by atoms with Crippen molar-refractivity contribution in [2.24, 2.45) is 7.05 Å². The van der Waals surface area contributed by atoms with Crippen LogP contribution in [0.4, 0.5) is 5.82 Å². The number of nitrogens with zero attached hydrogens (tertiary/aromatic N) is 2. The molecule has 8 heteroatoms. The summed E-state index contributed by atoms with van der Waals surface area (Å²) in [6.07, 6.45) is 1.83. The molecule has 1 aliphatic rings. The lowest BCUT2D eigenvalue weighted by Crippen LogP contribution is -2.54. The van der Waals surface area contributed by atoms with Gasteiger partial charge in [0, 0.05) is 26.3 Å². The minimum absolute atomic E-state index is 0.267. The molecule has 0 radical (unpaired) electrons. The maximum Gasteiger partial charge on any atom is 0.247 e. The minimum Gasteiger partial charge on any atom is -0.379 e. The van der Waals surface area contributed by atoms with Crippen LogP contribution in [-0.2, 0) is 26.6 Å². The molecule has 0 saturated carbocycles. The van der Waals surface area contributed by atoms with Gasteiger partial charge in [0.2, 0.25) is 15.9 Å². The van der Waals surface area contributed by atoms with Crippen molar-refractivity contribution in [1.29, 1.82) is 0 Å². The smallest absolute Gasteiger partial charge is 0.247 e. The number of allylic oxidation sites excluding steroid dienone is 1. The Morgan fingerprint density at radius 3 is 2.42 bits per heavy atom. The molecule has 1 aromatic heterocycles. The molecule has 24 heavy (non-hydrogen) atoms. The van der Waals surface area contributed by atoms with E-state index in [0.717, 1.165) is 11.1 Å². The van der Waals surface area contributed by atoms with Crippen molar-refractivity contribution in [3.63, 3.8) is 0 Å². The third kappa shape index (κ3) is 3.40. The number of anilines is 1. The highest BCUT2D eigenvalue weighted by atomic mass is 32.2. The molecule has 0 aromatic carbocycles. The van der Waals surface area contributed by atoms with E-state index in [9.17, 15) is 13.2 Å². The van der Waals surface area contributed by atoms with Gasteiger partial charge in [-0.05, 0) is 38.0 Å². The van der Waals surface area contributed by atoms with Crippen LogP contribution in [0, 0.1) is 0 Å². The van der Waals surface area contributed by atoms with Gasteiger partial charge in [-0.2, -0.15) is 4.31 Å². The van der Waals surface area contributed by atoms with E-state index in [1.807, 2.05) is 13.1 Å². The first-order chi connectivity index (χ1) is 11.1. The standard InChI is InChI=1S/C16H25N3O4S/c1-12(2)13-10-14(18(5)11-13)17-15(20)16(3,4)24(21,22)19-6-8-23-9-7-19/h10-11H,1,6-9H2,2-5H3,(H,17,20). The summed E-state index contributed by atoms with van der Waals surface area (Å²) < 4.78 is 32.3. The van der Waals surface area contributed by atoms with Gasteiger partial charge in [-0.3, -0.25) is 4.79 Å². The van der Waals surface area contributed by atoms with E-state index in [-0.39, 0.29) is 13.1 Å². The van der Waals surface area contributed by atoms with Crippen LogP contribution in [0.2, 0.25) is 0 Å². The van der Waals surface area contributed by atoms with Gasteiger partial charge in [0.1, 0.15) is 5.82 Å². The summed E-state index contributed by atoms with van der Waals surface area (Å²) in [4.78, 5) is 12.7. The lowest BCUT2D eigenvalue weighted by molar-refractivity contribution is -0.118. The van der Waals surface area contributed by atoms with Crippen molar-refractivity contribution in [2.75, 3.05) is 31.6 Å². The molecule has 1 N–H and O–H groups in total. The van der Waals surface area contributed by atoms with E-state index in [1.54, 1.807) is 17.7 Å². The van der Waals surface area contributed by atoms with Gasteiger partial charge in [-0.25, -0.2) is 8.42 Å². The zero-order valence-electron chi connectivity index (χ0n) is 14.6. The molecule has 0 spiro atoms. The largest absolute Gasteiger partial charge is 0.379 e. The summed E-state index contributed by atoms with van der Waals surface area (Å²) in [5, 5.41) is 2.72. The molecular formula is C16H25N3O4S. The van der Waals surface area contributed by atoms with Gasteiger partial charge in [-0.1, -0.05) is 6.58 Å². The number of hydrogen-bond donors (Lipinski definition) is 1. The van der Waals surface area contributed by atoms with Crippen LogP contribution < -0.4 is 5.32 Å². The zero-order valence-corrected chi connectivity index (χ0v) is 15.4. The summed E-state index contributed by atoms with van der Waals surface area (Å²) >= 11 is 0. The highest BCUT2D eigenvalue weighted by Crippen LogP contribution is 2.25. The topological polar surface area (TPSA) is 80.6 Å². The number of hydrogen-bond acceptors (Lipinski definition) is 4. The molecule has 7 nitrogen and oxygen atoms in total. The van der Waals surface area contributed by atoms with E-state index < -0.39 is 20.7 Å². The second-order valence-corrected chi connectivity index (χ2v) is 8.97. The number of aromatic nitrogens is 1. The van der Waals surface area contributed by atoms with Crippen LogP contribution in [0.3, 0.4) is 0 Å². The van der Waals surface area contributed by atoms with E-state index in [0.29, 0.717) is 19.0 Å². The number of carbonyl (C=O) groups excluding carboxylic acids is 1. The van der Waals surface area contributed by atoms with E-state index in [4.69, 9.17) is 4.74 Å². The second kappa shape index (κ2) is 6.70. The Balaban J connectivity index is 2.22. The molecule has 1 fully saturated rings. The van der Waals surface area contributed by atoms with Crippen LogP contribution in [0.1, 0.15) is 26.3 Å². The van der Waals surface area contributed by atoms with Crippen molar-refractivity contribution in [2.45, 2.75) is 25.5 Å². The first-order valence-corrected chi connectivity index (χ1v) is 9.22. The summed E-state index contributed by atoms with van der Waals surface area (Å²) in [5.74, 6) is -0.0355. The number of aryl methyl sites for hydroxylation is 1. The second-order valence-electron chi connectivity index (χ2n) is 6.49. The third-order valence-corrected chi connectivity index (χ3v) is 6.76. The SMILES string of the molecule is C=C(C)c1cc(NC(=O)C(C)(C)S(=O)(=O)N2CCOCC2)n(C)c1.